The zero-order valence-corrected chi connectivity index (χ0v) is 14.0. The fourth-order valence-corrected chi connectivity index (χ4v) is 3.19. The Kier molecular flexibility index (Phi) is 3.59. The summed E-state index contributed by atoms with van der Waals surface area (Å²) in [6, 6.07) is 6.17. The van der Waals surface area contributed by atoms with E-state index in [9.17, 15) is 8.78 Å². The molecule has 1 atom stereocenters. The molecule has 1 aliphatic rings. The van der Waals surface area contributed by atoms with Crippen molar-refractivity contribution in [3.63, 3.8) is 0 Å². The van der Waals surface area contributed by atoms with Gasteiger partial charge in [0.05, 0.1) is 11.6 Å². The van der Waals surface area contributed by atoms with Gasteiger partial charge in [-0.05, 0) is 37.0 Å². The lowest BCUT2D eigenvalue weighted by Gasteiger charge is -2.17. The molecule has 9 heteroatoms. The highest BCUT2D eigenvalue weighted by Crippen LogP contribution is 2.43. The lowest BCUT2D eigenvalue weighted by Crippen LogP contribution is -2.15. The maximum absolute atomic E-state index is 14.1. The van der Waals surface area contributed by atoms with E-state index in [1.165, 1.54) is 12.3 Å². The number of hydrogen-bond donors (Lipinski definition) is 2. The topological polar surface area (TPSA) is 92.5 Å². The van der Waals surface area contributed by atoms with Gasteiger partial charge in [0.2, 0.25) is 11.9 Å². The van der Waals surface area contributed by atoms with Gasteiger partial charge in [-0.25, -0.2) is 9.97 Å². The van der Waals surface area contributed by atoms with Crippen molar-refractivity contribution < 1.29 is 13.2 Å². The van der Waals surface area contributed by atoms with Gasteiger partial charge in [0.15, 0.2) is 0 Å². The van der Waals surface area contributed by atoms with Crippen LogP contribution in [0.15, 0.2) is 41.1 Å². The molecule has 0 bridgehead atoms. The highest BCUT2D eigenvalue weighted by molar-refractivity contribution is 5.91. The maximum Gasteiger partial charge on any atom is 0.316 e. The minimum Gasteiger partial charge on any atom is -0.403 e. The van der Waals surface area contributed by atoms with E-state index >= 15 is 0 Å². The van der Waals surface area contributed by atoms with Crippen LogP contribution < -0.4 is 5.32 Å². The van der Waals surface area contributed by atoms with Gasteiger partial charge in [-0.3, -0.25) is 0 Å². The zero-order chi connectivity index (χ0) is 18.4. The number of anilines is 1. The van der Waals surface area contributed by atoms with Crippen molar-refractivity contribution in [3.05, 3.63) is 54.1 Å². The Hall–Kier alpha value is -3.36. The first-order chi connectivity index (χ1) is 13.2. The molecule has 7 nitrogen and oxygen atoms in total. The molecular formula is C18H14F2N6O. The van der Waals surface area contributed by atoms with Crippen LogP contribution in [0.4, 0.5) is 14.8 Å². The summed E-state index contributed by atoms with van der Waals surface area (Å²) in [6.07, 6.45) is 5.04. The van der Waals surface area contributed by atoms with Crippen LogP contribution >= 0.6 is 0 Å². The number of rotatable bonds is 5. The highest BCUT2D eigenvalue weighted by atomic mass is 19.1. The van der Waals surface area contributed by atoms with Crippen molar-refractivity contribution in [2.75, 3.05) is 5.32 Å². The number of fused-ring (bicyclic) bond motifs is 1. The third-order valence-electron chi connectivity index (χ3n) is 4.66. The first-order valence-corrected chi connectivity index (χ1v) is 8.53. The molecule has 0 aromatic carbocycles. The Morgan fingerprint density at radius 1 is 1.19 bits per heavy atom. The van der Waals surface area contributed by atoms with Crippen molar-refractivity contribution in [3.8, 4) is 11.5 Å². The Balaban J connectivity index is 1.45. The summed E-state index contributed by atoms with van der Waals surface area (Å²) < 4.78 is 33.1. The third-order valence-corrected chi connectivity index (χ3v) is 4.66. The van der Waals surface area contributed by atoms with E-state index in [1.807, 2.05) is 0 Å². The predicted molar refractivity (Wildman–Crippen MR) is 92.6 cm³/mol. The maximum atomic E-state index is 14.1. The van der Waals surface area contributed by atoms with Crippen LogP contribution in [0, 0.1) is 17.8 Å². The summed E-state index contributed by atoms with van der Waals surface area (Å²) >= 11 is 0. The minimum atomic E-state index is -0.574. The lowest BCUT2D eigenvalue weighted by atomic mass is 10.0. The number of halogens is 2. The van der Waals surface area contributed by atoms with Crippen molar-refractivity contribution in [1.29, 1.82) is 0 Å². The average Bonchev–Trinajstić information content (AvgIpc) is 3.26. The second-order valence-corrected chi connectivity index (χ2v) is 6.49. The number of aromatic amines is 1. The van der Waals surface area contributed by atoms with Gasteiger partial charge in [0.25, 0.3) is 5.89 Å². The molecule has 136 valence electrons. The van der Waals surface area contributed by atoms with Crippen molar-refractivity contribution in [2.24, 2.45) is 5.92 Å². The molecule has 4 heterocycles. The monoisotopic (exact) mass is 368 g/mol. The normalized spacial score (nSPS) is 15.2. The number of hydrogen-bond acceptors (Lipinski definition) is 6. The number of nitrogens with zero attached hydrogens (tertiary/aromatic N) is 4. The summed E-state index contributed by atoms with van der Waals surface area (Å²) in [5, 5.41) is 11.9. The van der Waals surface area contributed by atoms with Crippen LogP contribution in [0.5, 0.6) is 0 Å². The van der Waals surface area contributed by atoms with Crippen LogP contribution in [0.3, 0.4) is 0 Å². The molecule has 4 aromatic rings. The number of aromatic nitrogens is 5. The molecule has 0 spiro atoms. The molecular weight excluding hydrogens is 354 g/mol. The van der Waals surface area contributed by atoms with Gasteiger partial charge in [-0.15, -0.1) is 5.10 Å². The number of pyridine rings is 2. The van der Waals surface area contributed by atoms with Crippen LogP contribution in [0.25, 0.3) is 22.5 Å². The molecule has 1 saturated carbocycles. The second-order valence-electron chi connectivity index (χ2n) is 6.49. The Labute approximate surface area is 151 Å². The quantitative estimate of drug-likeness (QED) is 0.520. The molecule has 0 saturated heterocycles. The molecule has 2 N–H and O–H groups in total. The molecule has 1 aliphatic carbocycles. The molecule has 0 amide bonds. The van der Waals surface area contributed by atoms with Gasteiger partial charge < -0.3 is 14.7 Å². The third kappa shape index (κ3) is 2.90. The van der Waals surface area contributed by atoms with Crippen LogP contribution in [0.1, 0.15) is 24.4 Å². The van der Waals surface area contributed by atoms with Gasteiger partial charge in [-0.2, -0.15) is 8.78 Å². The van der Waals surface area contributed by atoms with Crippen LogP contribution in [0.2, 0.25) is 0 Å². The Morgan fingerprint density at radius 2 is 2.07 bits per heavy atom. The van der Waals surface area contributed by atoms with Crippen LogP contribution in [-0.4, -0.2) is 25.1 Å². The molecule has 0 unspecified atom stereocenters. The largest absolute Gasteiger partial charge is 0.403 e. The Bertz CT molecular complexity index is 1120. The zero-order valence-electron chi connectivity index (χ0n) is 14.0. The molecule has 27 heavy (non-hydrogen) atoms. The highest BCUT2D eigenvalue weighted by Gasteiger charge is 2.35. The molecule has 0 aliphatic heterocycles. The number of H-pyrrole nitrogens is 1. The summed E-state index contributed by atoms with van der Waals surface area (Å²) in [4.78, 5) is 10.4. The summed E-state index contributed by atoms with van der Waals surface area (Å²) in [7, 11) is 0. The molecule has 5 rings (SSSR count). The SMILES string of the molecule is Fc1ccc2c(-c3nnc(N[C@@H](c4cccnc4F)C4CC4)o3)c[nH]c2n1. The van der Waals surface area contributed by atoms with E-state index in [0.717, 1.165) is 12.8 Å². The molecule has 0 radical (unpaired) electrons. The first-order valence-electron chi connectivity index (χ1n) is 8.53. The van der Waals surface area contributed by atoms with Crippen molar-refractivity contribution >= 4 is 17.0 Å². The predicted octanol–water partition coefficient (Wildman–Crippen LogP) is 3.85. The van der Waals surface area contributed by atoms with Crippen molar-refractivity contribution in [1.82, 2.24) is 25.1 Å². The van der Waals surface area contributed by atoms with Crippen LogP contribution in [-0.2, 0) is 0 Å². The lowest BCUT2D eigenvalue weighted by molar-refractivity contribution is 0.519. The summed E-state index contributed by atoms with van der Waals surface area (Å²) in [5.41, 5.74) is 1.49. The van der Waals surface area contributed by atoms with E-state index in [-0.39, 0.29) is 17.9 Å². The standard InChI is InChI=1S/C18H14F2N6O/c19-13-6-5-10-12(8-22-16(10)23-13)17-25-26-18(27-17)24-14(9-3-4-9)11-2-1-7-21-15(11)20/h1-2,5-9,14H,3-4H2,(H,22,23)(H,24,26)/t14-/m1/s1. The molecule has 1 fully saturated rings. The van der Waals surface area contributed by atoms with Crippen molar-refractivity contribution in [2.45, 2.75) is 18.9 Å². The smallest absolute Gasteiger partial charge is 0.316 e. The molecule has 4 aromatic heterocycles. The van der Waals surface area contributed by atoms with E-state index in [1.54, 1.807) is 24.4 Å². The van der Waals surface area contributed by atoms with Gasteiger partial charge in [0.1, 0.15) is 5.65 Å². The van der Waals surface area contributed by atoms with E-state index in [2.05, 4.69) is 30.5 Å². The summed E-state index contributed by atoms with van der Waals surface area (Å²) in [6.45, 7) is 0. The Morgan fingerprint density at radius 3 is 2.89 bits per heavy atom. The van der Waals surface area contributed by atoms with Gasteiger partial charge in [-0.1, -0.05) is 11.2 Å². The second kappa shape index (κ2) is 6.11. The number of nitrogens with one attached hydrogen (secondary N) is 2. The fourth-order valence-electron chi connectivity index (χ4n) is 3.19. The van der Waals surface area contributed by atoms with E-state index < -0.39 is 11.9 Å². The minimum absolute atomic E-state index is 0.189. The van der Waals surface area contributed by atoms with Gasteiger partial charge >= 0.3 is 6.01 Å². The van der Waals surface area contributed by atoms with E-state index in [0.29, 0.717) is 28.1 Å². The fraction of sp³-hybridized carbons (Fsp3) is 0.222. The average molecular weight is 368 g/mol. The van der Waals surface area contributed by atoms with E-state index in [4.69, 9.17) is 4.42 Å². The van der Waals surface area contributed by atoms with Gasteiger partial charge in [0, 0.05) is 23.3 Å². The summed E-state index contributed by atoms with van der Waals surface area (Å²) in [5.74, 6) is -0.529. The first kappa shape index (κ1) is 15.9.